The molecule has 18 heavy (non-hydrogen) atoms. The molecule has 0 aromatic rings. The molecular formula is C17H31N. The lowest BCUT2D eigenvalue weighted by Gasteiger charge is -2.40. The largest absolute Gasteiger partial charge is 0.314 e. The lowest BCUT2D eigenvalue weighted by Crippen LogP contribution is -2.45. The highest BCUT2D eigenvalue weighted by Crippen LogP contribution is 2.56. The maximum absolute atomic E-state index is 3.90. The Morgan fingerprint density at radius 1 is 1.00 bits per heavy atom. The van der Waals surface area contributed by atoms with Gasteiger partial charge in [0.15, 0.2) is 0 Å². The fraction of sp³-hybridized carbons (Fsp3) is 1.00. The Morgan fingerprint density at radius 3 is 2.39 bits per heavy atom. The first-order valence-corrected chi connectivity index (χ1v) is 8.56. The summed E-state index contributed by atoms with van der Waals surface area (Å²) in [6, 6.07) is 0.855. The lowest BCUT2D eigenvalue weighted by atomic mass is 9.70. The van der Waals surface area contributed by atoms with E-state index in [-0.39, 0.29) is 0 Å². The Kier molecular flexibility index (Phi) is 3.98. The zero-order valence-electron chi connectivity index (χ0n) is 12.3. The van der Waals surface area contributed by atoms with Crippen LogP contribution >= 0.6 is 0 Å². The molecule has 0 radical (unpaired) electrons. The minimum atomic E-state index is 0.855. The van der Waals surface area contributed by atoms with E-state index in [1.807, 2.05) is 0 Å². The monoisotopic (exact) mass is 249 g/mol. The molecule has 3 aliphatic carbocycles. The van der Waals surface area contributed by atoms with Crippen molar-refractivity contribution in [3.8, 4) is 0 Å². The fourth-order valence-electron chi connectivity index (χ4n) is 5.17. The molecule has 5 atom stereocenters. The molecule has 5 unspecified atom stereocenters. The van der Waals surface area contributed by atoms with Crippen LogP contribution in [0.4, 0.5) is 0 Å². The lowest BCUT2D eigenvalue weighted by molar-refractivity contribution is 0.134. The van der Waals surface area contributed by atoms with Crippen LogP contribution in [0.15, 0.2) is 0 Å². The van der Waals surface area contributed by atoms with E-state index in [1.165, 1.54) is 38.6 Å². The molecule has 1 N–H and O–H groups in total. The Morgan fingerprint density at radius 2 is 1.72 bits per heavy atom. The number of rotatable bonds is 5. The van der Waals surface area contributed by atoms with E-state index >= 15 is 0 Å². The van der Waals surface area contributed by atoms with Gasteiger partial charge < -0.3 is 5.32 Å². The van der Waals surface area contributed by atoms with E-state index in [9.17, 15) is 0 Å². The fourth-order valence-corrected chi connectivity index (χ4v) is 5.17. The van der Waals surface area contributed by atoms with Gasteiger partial charge in [-0.25, -0.2) is 0 Å². The summed E-state index contributed by atoms with van der Waals surface area (Å²) >= 11 is 0. The first-order valence-electron chi connectivity index (χ1n) is 8.56. The molecule has 0 aromatic heterocycles. The summed E-state index contributed by atoms with van der Waals surface area (Å²) in [6.07, 6.45) is 12.1. The molecule has 0 spiro atoms. The van der Waals surface area contributed by atoms with Crippen molar-refractivity contribution < 1.29 is 0 Å². The van der Waals surface area contributed by atoms with Crippen molar-refractivity contribution in [1.29, 1.82) is 0 Å². The van der Waals surface area contributed by atoms with Gasteiger partial charge in [-0.3, -0.25) is 0 Å². The predicted molar refractivity (Wildman–Crippen MR) is 77.5 cm³/mol. The van der Waals surface area contributed by atoms with Gasteiger partial charge in [0.1, 0.15) is 0 Å². The number of fused-ring (bicyclic) bond motifs is 1. The highest BCUT2D eigenvalue weighted by Gasteiger charge is 2.49. The smallest absolute Gasteiger partial charge is 0.0126 e. The van der Waals surface area contributed by atoms with Crippen molar-refractivity contribution >= 4 is 0 Å². The van der Waals surface area contributed by atoms with Gasteiger partial charge in [-0.05, 0) is 61.8 Å². The van der Waals surface area contributed by atoms with E-state index in [1.54, 1.807) is 19.3 Å². The SMILES string of the molecule is CCNC(C1CC2CC2C1)C1CCCCC1CC. The summed E-state index contributed by atoms with van der Waals surface area (Å²) in [7, 11) is 0. The molecule has 0 saturated heterocycles. The zero-order chi connectivity index (χ0) is 12.5. The quantitative estimate of drug-likeness (QED) is 0.769. The van der Waals surface area contributed by atoms with E-state index < -0.39 is 0 Å². The van der Waals surface area contributed by atoms with Crippen molar-refractivity contribution in [3.05, 3.63) is 0 Å². The second-order valence-electron chi connectivity index (χ2n) is 7.19. The summed E-state index contributed by atoms with van der Waals surface area (Å²) in [5.74, 6) is 5.30. The second kappa shape index (κ2) is 5.53. The summed E-state index contributed by atoms with van der Waals surface area (Å²) < 4.78 is 0. The van der Waals surface area contributed by atoms with Crippen LogP contribution in [0.3, 0.4) is 0 Å². The van der Waals surface area contributed by atoms with E-state index in [4.69, 9.17) is 0 Å². The predicted octanol–water partition coefficient (Wildman–Crippen LogP) is 4.23. The van der Waals surface area contributed by atoms with Gasteiger partial charge in [0.05, 0.1) is 0 Å². The second-order valence-corrected chi connectivity index (χ2v) is 7.19. The van der Waals surface area contributed by atoms with Crippen LogP contribution in [0.2, 0.25) is 0 Å². The molecule has 0 bridgehead atoms. The molecule has 0 aromatic carbocycles. The van der Waals surface area contributed by atoms with Gasteiger partial charge in [0, 0.05) is 6.04 Å². The summed E-state index contributed by atoms with van der Waals surface area (Å²) in [4.78, 5) is 0. The van der Waals surface area contributed by atoms with Crippen LogP contribution in [0.1, 0.15) is 65.2 Å². The van der Waals surface area contributed by atoms with Gasteiger partial charge in [-0.1, -0.05) is 39.5 Å². The molecule has 3 saturated carbocycles. The molecule has 3 fully saturated rings. The van der Waals surface area contributed by atoms with Crippen molar-refractivity contribution in [2.24, 2.45) is 29.6 Å². The molecule has 0 aliphatic heterocycles. The van der Waals surface area contributed by atoms with Crippen LogP contribution in [-0.2, 0) is 0 Å². The average Bonchev–Trinajstić information content (AvgIpc) is 3.03. The summed E-state index contributed by atoms with van der Waals surface area (Å²) in [5.41, 5.74) is 0. The molecule has 0 heterocycles. The molecule has 1 nitrogen and oxygen atoms in total. The van der Waals surface area contributed by atoms with Crippen LogP contribution < -0.4 is 5.32 Å². The molecule has 3 rings (SSSR count). The highest BCUT2D eigenvalue weighted by molar-refractivity contribution is 5.01. The first-order chi connectivity index (χ1) is 8.83. The molecular weight excluding hydrogens is 218 g/mol. The minimum Gasteiger partial charge on any atom is -0.314 e. The molecule has 104 valence electrons. The van der Waals surface area contributed by atoms with E-state index in [0.29, 0.717) is 0 Å². The van der Waals surface area contributed by atoms with Gasteiger partial charge in [-0.2, -0.15) is 0 Å². The molecule has 3 aliphatic rings. The van der Waals surface area contributed by atoms with Crippen LogP contribution in [-0.4, -0.2) is 12.6 Å². The van der Waals surface area contributed by atoms with Gasteiger partial charge >= 0.3 is 0 Å². The molecule has 1 heteroatoms. The standard InChI is InChI=1S/C17H31N/c1-3-12-7-5-6-8-16(12)17(18-4-2)15-10-13-9-14(13)11-15/h12-18H,3-11H2,1-2H3. The van der Waals surface area contributed by atoms with E-state index in [0.717, 1.165) is 35.6 Å². The molecule has 0 amide bonds. The highest BCUT2D eigenvalue weighted by atomic mass is 14.9. The van der Waals surface area contributed by atoms with Crippen molar-refractivity contribution in [3.63, 3.8) is 0 Å². The minimum absolute atomic E-state index is 0.855. The topological polar surface area (TPSA) is 12.0 Å². The average molecular weight is 249 g/mol. The van der Waals surface area contributed by atoms with Gasteiger partial charge in [-0.15, -0.1) is 0 Å². The van der Waals surface area contributed by atoms with Crippen LogP contribution in [0.25, 0.3) is 0 Å². The number of nitrogens with one attached hydrogen (secondary N) is 1. The Hall–Kier alpha value is -0.0400. The maximum atomic E-state index is 3.90. The number of hydrogen-bond acceptors (Lipinski definition) is 1. The Balaban J connectivity index is 1.66. The Labute approximate surface area is 113 Å². The Bertz CT molecular complexity index is 265. The van der Waals surface area contributed by atoms with E-state index in [2.05, 4.69) is 19.2 Å². The van der Waals surface area contributed by atoms with Crippen molar-refractivity contribution in [2.45, 2.75) is 71.3 Å². The van der Waals surface area contributed by atoms with Gasteiger partial charge in [0.25, 0.3) is 0 Å². The third-order valence-electron chi connectivity index (χ3n) is 6.18. The van der Waals surface area contributed by atoms with Crippen LogP contribution in [0, 0.1) is 29.6 Å². The first kappa shape index (κ1) is 13.0. The maximum Gasteiger partial charge on any atom is 0.0126 e. The van der Waals surface area contributed by atoms with Gasteiger partial charge in [0.2, 0.25) is 0 Å². The number of hydrogen-bond donors (Lipinski definition) is 1. The summed E-state index contributed by atoms with van der Waals surface area (Å²) in [5, 5.41) is 3.90. The summed E-state index contributed by atoms with van der Waals surface area (Å²) in [6.45, 7) is 5.88. The zero-order valence-corrected chi connectivity index (χ0v) is 12.3. The van der Waals surface area contributed by atoms with Crippen molar-refractivity contribution in [2.75, 3.05) is 6.54 Å². The normalized spacial score (nSPS) is 44.7. The third-order valence-corrected chi connectivity index (χ3v) is 6.18. The third kappa shape index (κ3) is 2.48. The van der Waals surface area contributed by atoms with Crippen LogP contribution in [0.5, 0.6) is 0 Å². The van der Waals surface area contributed by atoms with Crippen molar-refractivity contribution in [1.82, 2.24) is 5.32 Å².